The summed E-state index contributed by atoms with van der Waals surface area (Å²) in [5.74, 6) is 0.743. The van der Waals surface area contributed by atoms with Crippen molar-refractivity contribution in [3.05, 3.63) is 125 Å². The van der Waals surface area contributed by atoms with Crippen LogP contribution in [-0.4, -0.2) is 18.2 Å². The van der Waals surface area contributed by atoms with Gasteiger partial charge >= 0.3 is 0 Å². The van der Waals surface area contributed by atoms with Crippen LogP contribution in [0.5, 0.6) is 11.5 Å². The van der Waals surface area contributed by atoms with Gasteiger partial charge in [-0.15, -0.1) is 0 Å². The minimum absolute atomic E-state index is 0.134. The molecule has 0 spiro atoms. The van der Waals surface area contributed by atoms with E-state index in [1.165, 1.54) is 0 Å². The Balaban J connectivity index is 1.27. The van der Waals surface area contributed by atoms with Gasteiger partial charge in [0.25, 0.3) is 0 Å². The van der Waals surface area contributed by atoms with Crippen LogP contribution in [-0.2, 0) is 0 Å². The van der Waals surface area contributed by atoms with Gasteiger partial charge in [0, 0.05) is 16.7 Å². The topological polar surface area (TPSA) is 52.6 Å². The molecule has 0 saturated heterocycles. The van der Waals surface area contributed by atoms with Gasteiger partial charge in [-0.2, -0.15) is 0 Å². The highest BCUT2D eigenvalue weighted by Crippen LogP contribution is 2.35. The standard InChI is InChI=1S/C29H19ClO4/c30-23-12-10-22(11-13-23)26(31)18-33-24-14-15-25-27(17-24)34-28(29(25)32)16-19-6-8-21(9-7-19)20-4-2-1-3-5-20/h1-17H,18H2. The molecular formula is C29H19ClO4. The molecule has 0 atom stereocenters. The molecule has 0 bridgehead atoms. The fourth-order valence-corrected chi connectivity index (χ4v) is 3.80. The molecule has 0 unspecified atom stereocenters. The Morgan fingerprint density at radius 3 is 2.29 bits per heavy atom. The summed E-state index contributed by atoms with van der Waals surface area (Å²) < 4.78 is 11.4. The molecule has 0 radical (unpaired) electrons. The highest BCUT2D eigenvalue weighted by molar-refractivity contribution is 6.30. The van der Waals surface area contributed by atoms with Crippen molar-refractivity contribution in [1.29, 1.82) is 0 Å². The predicted molar refractivity (Wildman–Crippen MR) is 133 cm³/mol. The van der Waals surface area contributed by atoms with Crippen molar-refractivity contribution in [1.82, 2.24) is 0 Å². The summed E-state index contributed by atoms with van der Waals surface area (Å²) >= 11 is 5.86. The van der Waals surface area contributed by atoms with Crippen molar-refractivity contribution in [2.24, 2.45) is 0 Å². The van der Waals surface area contributed by atoms with Crippen molar-refractivity contribution in [3.63, 3.8) is 0 Å². The van der Waals surface area contributed by atoms with E-state index in [0.717, 1.165) is 16.7 Å². The number of carbonyl (C=O) groups excluding carboxylic acids is 2. The molecule has 5 rings (SSSR count). The van der Waals surface area contributed by atoms with Crippen LogP contribution in [0.1, 0.15) is 26.3 Å². The number of rotatable bonds is 6. The molecule has 0 N–H and O–H groups in total. The van der Waals surface area contributed by atoms with Crippen LogP contribution < -0.4 is 9.47 Å². The lowest BCUT2D eigenvalue weighted by Crippen LogP contribution is -2.11. The number of carbonyl (C=O) groups is 2. The van der Waals surface area contributed by atoms with Gasteiger partial charge in [0.05, 0.1) is 5.56 Å². The highest BCUT2D eigenvalue weighted by Gasteiger charge is 2.27. The monoisotopic (exact) mass is 466 g/mol. The van der Waals surface area contributed by atoms with Crippen molar-refractivity contribution in [3.8, 4) is 22.6 Å². The number of fused-ring (bicyclic) bond motifs is 1. The van der Waals surface area contributed by atoms with Gasteiger partial charge < -0.3 is 9.47 Å². The number of ether oxygens (including phenoxy) is 2. The van der Waals surface area contributed by atoms with Gasteiger partial charge in [-0.3, -0.25) is 9.59 Å². The molecule has 1 aliphatic heterocycles. The van der Waals surface area contributed by atoms with Gasteiger partial charge in [0.1, 0.15) is 11.5 Å². The van der Waals surface area contributed by atoms with Crippen LogP contribution in [0.25, 0.3) is 17.2 Å². The number of allylic oxidation sites excluding steroid dienone is 1. The third-order valence-electron chi connectivity index (χ3n) is 5.49. The average Bonchev–Trinajstić information content (AvgIpc) is 3.18. The largest absolute Gasteiger partial charge is 0.485 e. The molecule has 4 nitrogen and oxygen atoms in total. The number of hydrogen-bond acceptors (Lipinski definition) is 4. The second kappa shape index (κ2) is 9.38. The molecule has 5 heteroatoms. The minimum atomic E-state index is -0.189. The summed E-state index contributed by atoms with van der Waals surface area (Å²) in [4.78, 5) is 25.1. The Hall–Kier alpha value is -4.15. The first kappa shape index (κ1) is 21.7. The number of hydrogen-bond donors (Lipinski definition) is 0. The SMILES string of the molecule is O=C(COc1ccc2c(c1)OC(=Cc1ccc(-c3ccccc3)cc1)C2=O)c1ccc(Cl)cc1. The van der Waals surface area contributed by atoms with Crippen molar-refractivity contribution in [2.75, 3.05) is 6.61 Å². The van der Waals surface area contributed by atoms with Crippen LogP contribution in [0.2, 0.25) is 5.02 Å². The van der Waals surface area contributed by atoms with Crippen molar-refractivity contribution >= 4 is 29.2 Å². The van der Waals surface area contributed by atoms with E-state index in [1.807, 2.05) is 42.5 Å². The molecule has 0 aromatic heterocycles. The van der Waals surface area contributed by atoms with E-state index in [2.05, 4.69) is 12.1 Å². The summed E-state index contributed by atoms with van der Waals surface area (Å²) in [5.41, 5.74) is 4.06. The maximum Gasteiger partial charge on any atom is 0.231 e. The first-order chi connectivity index (χ1) is 16.6. The van der Waals surface area contributed by atoms with Crippen molar-refractivity contribution in [2.45, 2.75) is 0 Å². The molecule has 34 heavy (non-hydrogen) atoms. The van der Waals surface area contributed by atoms with Gasteiger partial charge in [-0.05, 0) is 59.2 Å². The Bertz CT molecular complexity index is 1390. The average molecular weight is 467 g/mol. The molecular weight excluding hydrogens is 448 g/mol. The zero-order chi connectivity index (χ0) is 23.5. The lowest BCUT2D eigenvalue weighted by Gasteiger charge is -2.07. The molecule has 4 aromatic rings. The fourth-order valence-electron chi connectivity index (χ4n) is 3.68. The predicted octanol–water partition coefficient (Wildman–Crippen LogP) is 6.88. The van der Waals surface area contributed by atoms with Crippen LogP contribution in [0, 0.1) is 0 Å². The second-order valence-electron chi connectivity index (χ2n) is 7.80. The zero-order valence-corrected chi connectivity index (χ0v) is 18.8. The number of benzene rings is 4. The Morgan fingerprint density at radius 2 is 1.56 bits per heavy atom. The molecule has 4 aromatic carbocycles. The van der Waals surface area contributed by atoms with Gasteiger partial charge in [0.15, 0.2) is 18.1 Å². The maximum atomic E-state index is 12.8. The molecule has 0 amide bonds. The quantitative estimate of drug-likeness (QED) is 0.229. The normalized spacial score (nSPS) is 13.4. The van der Waals surface area contributed by atoms with E-state index in [-0.39, 0.29) is 23.9 Å². The first-order valence-corrected chi connectivity index (χ1v) is 11.1. The van der Waals surface area contributed by atoms with Crippen molar-refractivity contribution < 1.29 is 19.1 Å². The number of halogens is 1. The first-order valence-electron chi connectivity index (χ1n) is 10.7. The molecule has 0 saturated carbocycles. The van der Waals surface area contributed by atoms with E-state index in [0.29, 0.717) is 27.6 Å². The smallest absolute Gasteiger partial charge is 0.231 e. The van der Waals surface area contributed by atoms with E-state index in [1.54, 1.807) is 48.5 Å². The molecule has 0 aliphatic carbocycles. The summed E-state index contributed by atoms with van der Waals surface area (Å²) in [6, 6.07) is 29.6. The molecule has 0 fully saturated rings. The number of ketones is 2. The molecule has 1 heterocycles. The lowest BCUT2D eigenvalue weighted by molar-refractivity contribution is 0.0921. The van der Waals surface area contributed by atoms with Crippen LogP contribution >= 0.6 is 11.6 Å². The number of Topliss-reactive ketones (excluding diaryl/α,β-unsaturated/α-hetero) is 2. The molecule has 1 aliphatic rings. The fraction of sp³-hybridized carbons (Fsp3) is 0.0345. The van der Waals surface area contributed by atoms with Crippen LogP contribution in [0.3, 0.4) is 0 Å². The Morgan fingerprint density at radius 1 is 0.853 bits per heavy atom. The van der Waals surface area contributed by atoms with Gasteiger partial charge in [-0.1, -0.05) is 66.2 Å². The van der Waals surface area contributed by atoms with Crippen LogP contribution in [0.4, 0.5) is 0 Å². The summed E-state index contributed by atoms with van der Waals surface area (Å²) in [6.45, 7) is -0.134. The lowest BCUT2D eigenvalue weighted by atomic mass is 10.0. The third kappa shape index (κ3) is 4.63. The Kier molecular flexibility index (Phi) is 5.98. The highest BCUT2D eigenvalue weighted by atomic mass is 35.5. The Labute approximate surface area is 202 Å². The van der Waals surface area contributed by atoms with E-state index < -0.39 is 0 Å². The van der Waals surface area contributed by atoms with Gasteiger partial charge in [0.2, 0.25) is 5.78 Å². The third-order valence-corrected chi connectivity index (χ3v) is 5.75. The van der Waals surface area contributed by atoms with E-state index in [4.69, 9.17) is 21.1 Å². The van der Waals surface area contributed by atoms with Crippen LogP contribution in [0.15, 0.2) is 103 Å². The summed E-state index contributed by atoms with van der Waals surface area (Å²) in [7, 11) is 0. The maximum absolute atomic E-state index is 12.8. The second-order valence-corrected chi connectivity index (χ2v) is 8.24. The molecule has 166 valence electrons. The summed E-state index contributed by atoms with van der Waals surface area (Å²) in [5, 5.41) is 0.564. The summed E-state index contributed by atoms with van der Waals surface area (Å²) in [6.07, 6.45) is 1.72. The van der Waals surface area contributed by atoms with Gasteiger partial charge in [-0.25, -0.2) is 0 Å². The van der Waals surface area contributed by atoms with E-state index >= 15 is 0 Å². The zero-order valence-electron chi connectivity index (χ0n) is 18.0. The van der Waals surface area contributed by atoms with E-state index in [9.17, 15) is 9.59 Å². The minimum Gasteiger partial charge on any atom is -0.485 e.